The van der Waals surface area contributed by atoms with E-state index in [0.29, 0.717) is 37.3 Å². The Bertz CT molecular complexity index is 540. The molecule has 0 atom stereocenters. The number of carbonyl (C=O) groups excluding carboxylic acids is 3. The average Bonchev–Trinajstić information content (AvgIpc) is 2.46. The van der Waals surface area contributed by atoms with Crippen LogP contribution in [0.3, 0.4) is 0 Å². The van der Waals surface area contributed by atoms with Gasteiger partial charge in [0.25, 0.3) is 0 Å². The van der Waals surface area contributed by atoms with E-state index in [0.717, 1.165) is 6.54 Å². The smallest absolute Gasteiger partial charge is 0.234 e. The minimum Gasteiger partial charge on any atom is -0.354 e. The van der Waals surface area contributed by atoms with Crippen molar-refractivity contribution in [3.63, 3.8) is 0 Å². The predicted molar refractivity (Wildman–Crippen MR) is 79.1 cm³/mol. The molecule has 0 aliphatic carbocycles. The SMILES string of the molecule is CC(=O)c1ccc(NC(=O)CCN2CCNC(=O)C2)cc1. The molecule has 2 rings (SSSR count). The van der Waals surface area contributed by atoms with Crippen molar-refractivity contribution in [2.45, 2.75) is 13.3 Å². The van der Waals surface area contributed by atoms with E-state index in [1.807, 2.05) is 4.90 Å². The summed E-state index contributed by atoms with van der Waals surface area (Å²) in [7, 11) is 0. The number of benzene rings is 1. The first-order chi connectivity index (χ1) is 10.0. The van der Waals surface area contributed by atoms with Crippen molar-refractivity contribution in [2.24, 2.45) is 0 Å². The lowest BCUT2D eigenvalue weighted by molar-refractivity contribution is -0.125. The fourth-order valence-corrected chi connectivity index (χ4v) is 2.15. The summed E-state index contributed by atoms with van der Waals surface area (Å²) in [6.07, 6.45) is 0.335. The Morgan fingerprint density at radius 2 is 2.00 bits per heavy atom. The molecule has 0 spiro atoms. The van der Waals surface area contributed by atoms with Crippen LogP contribution < -0.4 is 10.6 Å². The minimum absolute atomic E-state index is 0.00137. The molecule has 6 nitrogen and oxygen atoms in total. The molecule has 0 bridgehead atoms. The summed E-state index contributed by atoms with van der Waals surface area (Å²) in [5.74, 6) is -0.103. The Hall–Kier alpha value is -2.21. The first kappa shape index (κ1) is 15.2. The molecule has 0 unspecified atom stereocenters. The first-order valence-electron chi connectivity index (χ1n) is 6.94. The zero-order valence-electron chi connectivity index (χ0n) is 12.0. The zero-order chi connectivity index (χ0) is 15.2. The summed E-state index contributed by atoms with van der Waals surface area (Å²) >= 11 is 0. The van der Waals surface area contributed by atoms with Gasteiger partial charge in [-0.3, -0.25) is 19.3 Å². The number of nitrogens with one attached hydrogen (secondary N) is 2. The standard InChI is InChI=1S/C15H19N3O3/c1-11(19)12-2-4-13(5-3-12)17-14(20)6-8-18-9-7-16-15(21)10-18/h2-5H,6-10H2,1H3,(H,16,21)(H,17,20). The van der Waals surface area contributed by atoms with Crippen LogP contribution in [0.25, 0.3) is 0 Å². The van der Waals surface area contributed by atoms with E-state index in [4.69, 9.17) is 0 Å². The second-order valence-electron chi connectivity index (χ2n) is 5.06. The summed E-state index contributed by atoms with van der Waals surface area (Å²) in [5, 5.41) is 5.53. The maximum Gasteiger partial charge on any atom is 0.234 e. The van der Waals surface area contributed by atoms with Crippen LogP contribution in [0, 0.1) is 0 Å². The van der Waals surface area contributed by atoms with Crippen LogP contribution in [0.2, 0.25) is 0 Å². The van der Waals surface area contributed by atoms with Gasteiger partial charge >= 0.3 is 0 Å². The molecular formula is C15H19N3O3. The van der Waals surface area contributed by atoms with Crippen molar-refractivity contribution >= 4 is 23.3 Å². The molecule has 1 fully saturated rings. The number of hydrogen-bond donors (Lipinski definition) is 2. The van der Waals surface area contributed by atoms with E-state index in [9.17, 15) is 14.4 Å². The van der Waals surface area contributed by atoms with Crippen LogP contribution in [-0.4, -0.2) is 48.7 Å². The third kappa shape index (κ3) is 4.68. The van der Waals surface area contributed by atoms with Crippen molar-refractivity contribution in [2.75, 3.05) is 31.5 Å². The van der Waals surface area contributed by atoms with Crippen molar-refractivity contribution in [1.29, 1.82) is 0 Å². The van der Waals surface area contributed by atoms with Crippen LogP contribution in [0.4, 0.5) is 5.69 Å². The maximum absolute atomic E-state index is 11.9. The lowest BCUT2D eigenvalue weighted by Crippen LogP contribution is -2.48. The highest BCUT2D eigenvalue weighted by atomic mass is 16.2. The second-order valence-corrected chi connectivity index (χ2v) is 5.06. The predicted octanol–water partition coefficient (Wildman–Crippen LogP) is 0.650. The van der Waals surface area contributed by atoms with E-state index in [1.165, 1.54) is 6.92 Å². The summed E-state index contributed by atoms with van der Waals surface area (Å²) in [6.45, 7) is 3.81. The monoisotopic (exact) mass is 289 g/mol. The number of piperazine rings is 1. The van der Waals surface area contributed by atoms with Crippen molar-refractivity contribution in [3.05, 3.63) is 29.8 Å². The van der Waals surface area contributed by atoms with Gasteiger partial charge < -0.3 is 10.6 Å². The average molecular weight is 289 g/mol. The van der Waals surface area contributed by atoms with E-state index in [1.54, 1.807) is 24.3 Å². The molecule has 1 saturated heterocycles. The molecule has 1 aliphatic heterocycles. The number of rotatable bonds is 5. The fraction of sp³-hybridized carbons (Fsp3) is 0.400. The molecule has 1 aliphatic rings. The lowest BCUT2D eigenvalue weighted by Gasteiger charge is -2.25. The van der Waals surface area contributed by atoms with Gasteiger partial charge in [-0.25, -0.2) is 0 Å². The molecule has 0 aromatic heterocycles. The molecule has 1 aromatic rings. The topological polar surface area (TPSA) is 78.5 Å². The first-order valence-corrected chi connectivity index (χ1v) is 6.94. The molecule has 112 valence electrons. The van der Waals surface area contributed by atoms with Crippen molar-refractivity contribution < 1.29 is 14.4 Å². The molecule has 0 radical (unpaired) electrons. The third-order valence-electron chi connectivity index (χ3n) is 3.35. The number of nitrogens with zero attached hydrogens (tertiary/aromatic N) is 1. The van der Waals surface area contributed by atoms with E-state index in [2.05, 4.69) is 10.6 Å². The van der Waals surface area contributed by atoms with Gasteiger partial charge in [-0.05, 0) is 31.2 Å². The largest absolute Gasteiger partial charge is 0.354 e. The van der Waals surface area contributed by atoms with Gasteiger partial charge in [0.2, 0.25) is 11.8 Å². The number of Topliss-reactive ketones (excluding diaryl/α,β-unsaturated/α-hetero) is 1. The van der Waals surface area contributed by atoms with Crippen LogP contribution in [0.15, 0.2) is 24.3 Å². The molecule has 1 aromatic carbocycles. The van der Waals surface area contributed by atoms with Gasteiger partial charge in [0, 0.05) is 37.3 Å². The van der Waals surface area contributed by atoms with Crippen LogP contribution in [0.5, 0.6) is 0 Å². The molecule has 1 heterocycles. The molecule has 2 amide bonds. The molecule has 21 heavy (non-hydrogen) atoms. The molecule has 0 saturated carbocycles. The Morgan fingerprint density at radius 3 is 2.62 bits per heavy atom. The van der Waals surface area contributed by atoms with E-state index < -0.39 is 0 Å². The quantitative estimate of drug-likeness (QED) is 0.780. The highest BCUT2D eigenvalue weighted by Gasteiger charge is 2.16. The van der Waals surface area contributed by atoms with E-state index >= 15 is 0 Å². The minimum atomic E-state index is -0.100. The summed E-state index contributed by atoms with van der Waals surface area (Å²) < 4.78 is 0. The second kappa shape index (κ2) is 6.99. The van der Waals surface area contributed by atoms with Crippen LogP contribution >= 0.6 is 0 Å². The lowest BCUT2D eigenvalue weighted by atomic mass is 10.1. The van der Waals surface area contributed by atoms with E-state index in [-0.39, 0.29) is 17.6 Å². The zero-order valence-corrected chi connectivity index (χ0v) is 12.0. The van der Waals surface area contributed by atoms with Gasteiger partial charge in [0.1, 0.15) is 0 Å². The fourth-order valence-electron chi connectivity index (χ4n) is 2.15. The molecule has 6 heteroatoms. The van der Waals surface area contributed by atoms with Gasteiger partial charge in [-0.1, -0.05) is 0 Å². The third-order valence-corrected chi connectivity index (χ3v) is 3.35. The number of carbonyl (C=O) groups is 3. The Balaban J connectivity index is 1.78. The number of hydrogen-bond acceptors (Lipinski definition) is 4. The summed E-state index contributed by atoms with van der Waals surface area (Å²) in [4.78, 5) is 36.2. The maximum atomic E-state index is 11.9. The van der Waals surface area contributed by atoms with Gasteiger partial charge in [0.05, 0.1) is 6.54 Å². The highest BCUT2D eigenvalue weighted by molar-refractivity contribution is 5.95. The normalized spacial score (nSPS) is 15.4. The summed E-state index contributed by atoms with van der Waals surface area (Å²) in [5.41, 5.74) is 1.29. The van der Waals surface area contributed by atoms with Gasteiger partial charge in [0.15, 0.2) is 5.78 Å². The van der Waals surface area contributed by atoms with Gasteiger partial charge in [-0.2, -0.15) is 0 Å². The molecule has 2 N–H and O–H groups in total. The number of amides is 2. The Kier molecular flexibility index (Phi) is 5.05. The van der Waals surface area contributed by atoms with Crippen molar-refractivity contribution in [3.8, 4) is 0 Å². The number of anilines is 1. The highest BCUT2D eigenvalue weighted by Crippen LogP contribution is 2.10. The van der Waals surface area contributed by atoms with Crippen LogP contribution in [-0.2, 0) is 9.59 Å². The Labute approximate surface area is 123 Å². The summed E-state index contributed by atoms with van der Waals surface area (Å²) in [6, 6.07) is 6.80. The van der Waals surface area contributed by atoms with Crippen LogP contribution in [0.1, 0.15) is 23.7 Å². The van der Waals surface area contributed by atoms with Gasteiger partial charge in [-0.15, -0.1) is 0 Å². The number of ketones is 1. The Morgan fingerprint density at radius 1 is 1.29 bits per heavy atom. The van der Waals surface area contributed by atoms with Crippen molar-refractivity contribution in [1.82, 2.24) is 10.2 Å². The molecular weight excluding hydrogens is 270 g/mol.